The maximum atomic E-state index is 12.7. The van der Waals surface area contributed by atoms with Gasteiger partial charge in [-0.1, -0.05) is 18.7 Å². The molecule has 3 aromatic heterocycles. The number of hydrogen-bond donors (Lipinski definition) is 2. The smallest absolute Gasteiger partial charge is 0.258 e. The third-order valence-corrected chi connectivity index (χ3v) is 6.31. The summed E-state index contributed by atoms with van der Waals surface area (Å²) in [6, 6.07) is 8.62. The molecule has 5 rings (SSSR count). The van der Waals surface area contributed by atoms with E-state index in [2.05, 4.69) is 26.8 Å². The van der Waals surface area contributed by atoms with Crippen molar-refractivity contribution in [1.82, 2.24) is 29.2 Å². The first-order valence-corrected chi connectivity index (χ1v) is 11.7. The van der Waals surface area contributed by atoms with Gasteiger partial charge in [0.15, 0.2) is 0 Å². The van der Waals surface area contributed by atoms with Crippen LogP contribution in [-0.2, 0) is 4.79 Å². The Bertz CT molecular complexity index is 1460. The largest absolute Gasteiger partial charge is 0.382 e. The van der Waals surface area contributed by atoms with Crippen molar-refractivity contribution in [1.29, 1.82) is 0 Å². The molecule has 0 bridgehead atoms. The second-order valence-electron chi connectivity index (χ2n) is 8.65. The molecule has 36 heavy (non-hydrogen) atoms. The number of likely N-dealkylation sites (tertiary alicyclic amines) is 1. The number of nitrogens with zero attached hydrogens (tertiary/aromatic N) is 6. The van der Waals surface area contributed by atoms with Gasteiger partial charge in [0.05, 0.1) is 6.04 Å². The van der Waals surface area contributed by atoms with Gasteiger partial charge in [-0.05, 0) is 50.5 Å². The van der Waals surface area contributed by atoms with Crippen LogP contribution in [0.15, 0.2) is 61.6 Å². The molecule has 10 heteroatoms. The molecule has 0 saturated carbocycles. The highest BCUT2D eigenvalue weighted by atomic mass is 16.2. The molecule has 10 nitrogen and oxygen atoms in total. The molecular weight excluding hydrogens is 456 g/mol. The van der Waals surface area contributed by atoms with Crippen LogP contribution in [0, 0.1) is 6.92 Å². The number of nitrogens with one attached hydrogen (secondary N) is 1. The lowest BCUT2D eigenvalue weighted by molar-refractivity contribution is -0.129. The Hall–Kier alpha value is -4.60. The number of nitrogens with two attached hydrogens (primary N) is 1. The van der Waals surface area contributed by atoms with Gasteiger partial charge < -0.3 is 10.6 Å². The number of benzene rings is 1. The molecule has 2 amide bonds. The van der Waals surface area contributed by atoms with E-state index in [1.54, 1.807) is 30.6 Å². The summed E-state index contributed by atoms with van der Waals surface area (Å²) in [5, 5.41) is 2.71. The second kappa shape index (κ2) is 9.57. The Labute approximate surface area is 207 Å². The van der Waals surface area contributed by atoms with Crippen molar-refractivity contribution in [3.63, 3.8) is 0 Å². The van der Waals surface area contributed by atoms with Crippen molar-refractivity contribution in [2.75, 3.05) is 17.6 Å². The Morgan fingerprint density at radius 2 is 1.92 bits per heavy atom. The number of carbonyl (C=O) groups is 2. The average molecular weight is 483 g/mol. The molecule has 3 N–H and O–H groups in total. The molecule has 4 aromatic rings. The van der Waals surface area contributed by atoms with Crippen LogP contribution in [0.5, 0.6) is 0 Å². The van der Waals surface area contributed by atoms with E-state index in [0.717, 1.165) is 36.3 Å². The van der Waals surface area contributed by atoms with E-state index < -0.39 is 0 Å². The Kier molecular flexibility index (Phi) is 6.16. The summed E-state index contributed by atoms with van der Waals surface area (Å²) in [5.41, 5.74) is 9.58. The lowest BCUT2D eigenvalue weighted by Crippen LogP contribution is -2.38. The van der Waals surface area contributed by atoms with Gasteiger partial charge in [-0.25, -0.2) is 19.9 Å². The molecule has 4 heterocycles. The number of aromatic nitrogens is 5. The van der Waals surface area contributed by atoms with Crippen LogP contribution in [0.4, 0.5) is 11.8 Å². The van der Waals surface area contributed by atoms with E-state index in [4.69, 9.17) is 10.7 Å². The molecule has 1 atom stereocenters. The molecule has 182 valence electrons. The lowest BCUT2D eigenvalue weighted by atomic mass is 10.0. The molecule has 1 aliphatic heterocycles. The molecule has 0 aliphatic carbocycles. The van der Waals surface area contributed by atoms with Gasteiger partial charge in [-0.15, -0.1) is 0 Å². The molecule has 1 unspecified atom stereocenters. The standard InChI is InChI=1S/C26H26N8O2/c1-3-20(35)33-14-5-4-6-19(33)24-31-21(22-23(27)28-13-15-34(22)24)17-7-9-18(10-8-17)25(36)32-26-29-12-11-16(2)30-26/h3,7-13,15,19H,1,4-6,14H2,2H3,(H2,27,28)(H,29,30,32,36). The van der Waals surface area contributed by atoms with Crippen molar-refractivity contribution in [3.05, 3.63) is 78.7 Å². The Balaban J connectivity index is 1.50. The van der Waals surface area contributed by atoms with Crippen LogP contribution in [0.2, 0.25) is 0 Å². The zero-order chi connectivity index (χ0) is 25.2. The first kappa shape index (κ1) is 23.2. The topological polar surface area (TPSA) is 131 Å². The molecule has 1 aliphatic rings. The summed E-state index contributed by atoms with van der Waals surface area (Å²) in [4.78, 5) is 44.6. The molecular formula is C26H26N8O2. The molecule has 0 spiro atoms. The molecule has 0 radical (unpaired) electrons. The summed E-state index contributed by atoms with van der Waals surface area (Å²) in [6.45, 7) is 6.13. The minimum Gasteiger partial charge on any atom is -0.382 e. The predicted molar refractivity (Wildman–Crippen MR) is 136 cm³/mol. The number of nitrogen functional groups attached to an aromatic ring is 1. The highest BCUT2D eigenvalue weighted by Crippen LogP contribution is 2.36. The minimum atomic E-state index is -0.315. The third kappa shape index (κ3) is 4.28. The summed E-state index contributed by atoms with van der Waals surface area (Å²) in [5.74, 6) is 0.876. The number of rotatable bonds is 5. The maximum absolute atomic E-state index is 12.7. The number of anilines is 2. The summed E-state index contributed by atoms with van der Waals surface area (Å²) >= 11 is 0. The van der Waals surface area contributed by atoms with Gasteiger partial charge in [-0.3, -0.25) is 19.3 Å². The fraction of sp³-hybridized carbons (Fsp3) is 0.231. The average Bonchev–Trinajstić information content (AvgIpc) is 3.29. The summed E-state index contributed by atoms with van der Waals surface area (Å²) in [7, 11) is 0. The van der Waals surface area contributed by atoms with E-state index in [1.165, 1.54) is 6.08 Å². The first-order chi connectivity index (χ1) is 17.5. The van der Waals surface area contributed by atoms with Gasteiger partial charge in [0, 0.05) is 42.0 Å². The maximum Gasteiger partial charge on any atom is 0.258 e. The van der Waals surface area contributed by atoms with Crippen LogP contribution in [0.25, 0.3) is 16.8 Å². The number of fused-ring (bicyclic) bond motifs is 1. The number of piperidine rings is 1. The zero-order valence-electron chi connectivity index (χ0n) is 19.9. The van der Waals surface area contributed by atoms with Gasteiger partial charge in [0.1, 0.15) is 22.9 Å². The van der Waals surface area contributed by atoms with E-state index in [0.29, 0.717) is 29.1 Å². The lowest BCUT2D eigenvalue weighted by Gasteiger charge is -2.34. The van der Waals surface area contributed by atoms with Crippen LogP contribution in [0.1, 0.15) is 47.2 Å². The molecule has 1 saturated heterocycles. The first-order valence-electron chi connectivity index (χ1n) is 11.7. The van der Waals surface area contributed by atoms with Gasteiger partial charge >= 0.3 is 0 Å². The second-order valence-corrected chi connectivity index (χ2v) is 8.65. The predicted octanol–water partition coefficient (Wildman–Crippen LogP) is 3.57. The number of imidazole rings is 1. The van der Waals surface area contributed by atoms with Crippen molar-refractivity contribution < 1.29 is 9.59 Å². The number of carbonyl (C=O) groups excluding carboxylic acids is 2. The fourth-order valence-corrected chi connectivity index (χ4v) is 4.57. The quantitative estimate of drug-likeness (QED) is 0.416. The number of aryl methyl sites for hydroxylation is 1. The normalized spacial score (nSPS) is 15.6. The van der Waals surface area contributed by atoms with E-state index in [-0.39, 0.29) is 23.8 Å². The summed E-state index contributed by atoms with van der Waals surface area (Å²) in [6.07, 6.45) is 9.10. The third-order valence-electron chi connectivity index (χ3n) is 6.31. The fourth-order valence-electron chi connectivity index (χ4n) is 4.57. The van der Waals surface area contributed by atoms with Crippen molar-refractivity contribution in [2.45, 2.75) is 32.2 Å². The Morgan fingerprint density at radius 3 is 2.67 bits per heavy atom. The molecule has 1 fully saturated rings. The van der Waals surface area contributed by atoms with E-state index in [1.807, 2.05) is 34.6 Å². The minimum absolute atomic E-state index is 0.118. The van der Waals surface area contributed by atoms with Gasteiger partial charge in [-0.2, -0.15) is 0 Å². The van der Waals surface area contributed by atoms with Gasteiger partial charge in [0.2, 0.25) is 11.9 Å². The van der Waals surface area contributed by atoms with E-state index >= 15 is 0 Å². The number of amides is 2. The molecule has 1 aromatic carbocycles. The van der Waals surface area contributed by atoms with E-state index in [9.17, 15) is 9.59 Å². The SMILES string of the molecule is C=CC(=O)N1CCCCC1c1nc(-c2ccc(C(=O)Nc3nccc(C)n3)cc2)c2c(N)nccn12. The summed E-state index contributed by atoms with van der Waals surface area (Å²) < 4.78 is 1.91. The van der Waals surface area contributed by atoms with Gasteiger partial charge in [0.25, 0.3) is 5.91 Å². The monoisotopic (exact) mass is 482 g/mol. The highest BCUT2D eigenvalue weighted by molar-refractivity contribution is 6.03. The van der Waals surface area contributed by atoms with Crippen molar-refractivity contribution in [3.8, 4) is 11.3 Å². The van der Waals surface area contributed by atoms with Crippen LogP contribution in [-0.4, -0.2) is 47.6 Å². The van der Waals surface area contributed by atoms with Crippen LogP contribution in [0.3, 0.4) is 0 Å². The van der Waals surface area contributed by atoms with Crippen LogP contribution >= 0.6 is 0 Å². The highest BCUT2D eigenvalue weighted by Gasteiger charge is 2.31. The van der Waals surface area contributed by atoms with Crippen molar-refractivity contribution >= 4 is 29.1 Å². The number of hydrogen-bond acceptors (Lipinski definition) is 7. The Morgan fingerprint density at radius 1 is 1.11 bits per heavy atom. The van der Waals surface area contributed by atoms with Crippen LogP contribution < -0.4 is 11.1 Å². The van der Waals surface area contributed by atoms with Crippen molar-refractivity contribution in [2.24, 2.45) is 0 Å². The zero-order valence-corrected chi connectivity index (χ0v) is 19.9.